The van der Waals surface area contributed by atoms with Gasteiger partial charge in [0.15, 0.2) is 0 Å². The molecule has 0 saturated carbocycles. The van der Waals surface area contributed by atoms with Crippen LogP contribution >= 0.6 is 11.8 Å². The Kier molecular flexibility index (Phi) is 5.73. The Morgan fingerprint density at radius 1 is 1.12 bits per heavy atom. The lowest BCUT2D eigenvalue weighted by Gasteiger charge is -2.04. The monoisotopic (exact) mass is 359 g/mol. The van der Waals surface area contributed by atoms with Crippen LogP contribution in [-0.4, -0.2) is 5.75 Å². The zero-order chi connectivity index (χ0) is 11.5. The van der Waals surface area contributed by atoms with Crippen LogP contribution in [0.25, 0.3) is 10.9 Å². The van der Waals surface area contributed by atoms with E-state index in [1.54, 1.807) is 0 Å². The molecule has 0 bridgehead atoms. The maximum absolute atomic E-state index is 2.39. The summed E-state index contributed by atoms with van der Waals surface area (Å²) in [6, 6.07) is 11.1. The average molecular weight is 359 g/mol. The van der Waals surface area contributed by atoms with Gasteiger partial charge in [-0.25, -0.2) is 0 Å². The van der Waals surface area contributed by atoms with Gasteiger partial charge in [0.1, 0.15) is 6.54 Å². The third kappa shape index (κ3) is 3.13. The molecule has 0 radical (unpaired) electrons. The number of pyridine rings is 1. The second-order valence-corrected chi connectivity index (χ2v) is 5.20. The molecule has 0 spiro atoms. The van der Waals surface area contributed by atoms with Crippen molar-refractivity contribution >= 4 is 22.7 Å². The Hall–Kier alpha value is -0.290. The van der Waals surface area contributed by atoms with Crippen LogP contribution < -0.4 is 28.5 Å². The smallest absolute Gasteiger partial charge is 0.240 e. The first kappa shape index (κ1) is 14.8. The van der Waals surface area contributed by atoms with Crippen molar-refractivity contribution < 1.29 is 28.5 Å². The van der Waals surface area contributed by atoms with Gasteiger partial charge in [0, 0.05) is 23.3 Å². The van der Waals surface area contributed by atoms with Crippen molar-refractivity contribution in [3.63, 3.8) is 0 Å². The lowest BCUT2D eigenvalue weighted by atomic mass is 10.1. The standard InChI is InChI=1S/C14H18NS.HI/c1-4-15-13-8-6-11(3)10-12(13)7-9-14(15)16-5-2;/h6-10H,4-5H2,1-3H3;1H/q+1;/p-1. The Morgan fingerprint density at radius 2 is 1.88 bits per heavy atom. The average Bonchev–Trinajstić information content (AvgIpc) is 2.29. The van der Waals surface area contributed by atoms with E-state index in [2.05, 4.69) is 55.7 Å². The summed E-state index contributed by atoms with van der Waals surface area (Å²) in [6.45, 7) is 7.58. The lowest BCUT2D eigenvalue weighted by molar-refractivity contribution is -0.704. The Morgan fingerprint density at radius 3 is 2.53 bits per heavy atom. The third-order valence-corrected chi connectivity index (χ3v) is 3.69. The molecule has 0 atom stereocenters. The predicted molar refractivity (Wildman–Crippen MR) is 71.0 cm³/mol. The number of rotatable bonds is 3. The van der Waals surface area contributed by atoms with Crippen molar-refractivity contribution in [1.29, 1.82) is 0 Å². The van der Waals surface area contributed by atoms with E-state index in [0.29, 0.717) is 0 Å². The SMILES string of the molecule is CCSc1ccc2cc(C)ccc2[n+]1CC.[I-]. The van der Waals surface area contributed by atoms with E-state index < -0.39 is 0 Å². The Labute approximate surface area is 125 Å². The molecule has 2 rings (SSSR count). The third-order valence-electron chi connectivity index (χ3n) is 2.75. The fraction of sp³-hybridized carbons (Fsp3) is 0.357. The number of halogens is 1. The number of benzene rings is 1. The van der Waals surface area contributed by atoms with E-state index in [-0.39, 0.29) is 24.0 Å². The van der Waals surface area contributed by atoms with Gasteiger partial charge < -0.3 is 24.0 Å². The molecule has 0 unspecified atom stereocenters. The van der Waals surface area contributed by atoms with E-state index in [0.717, 1.165) is 12.3 Å². The van der Waals surface area contributed by atoms with Gasteiger partial charge in [0.2, 0.25) is 10.5 Å². The summed E-state index contributed by atoms with van der Waals surface area (Å²) in [6.07, 6.45) is 0. The van der Waals surface area contributed by atoms with Crippen molar-refractivity contribution in [3.05, 3.63) is 35.9 Å². The molecule has 0 aliphatic heterocycles. The number of fused-ring (bicyclic) bond motifs is 1. The summed E-state index contributed by atoms with van der Waals surface area (Å²) in [4.78, 5) is 0. The van der Waals surface area contributed by atoms with E-state index >= 15 is 0 Å². The maximum Gasteiger partial charge on any atom is 0.240 e. The van der Waals surface area contributed by atoms with Crippen molar-refractivity contribution in [2.45, 2.75) is 32.3 Å². The van der Waals surface area contributed by atoms with Gasteiger partial charge in [-0.1, -0.05) is 30.3 Å². The van der Waals surface area contributed by atoms with Crippen LogP contribution in [-0.2, 0) is 6.54 Å². The number of nitrogens with zero attached hydrogens (tertiary/aromatic N) is 1. The molecule has 1 heterocycles. The van der Waals surface area contributed by atoms with Crippen molar-refractivity contribution in [3.8, 4) is 0 Å². The number of aryl methyl sites for hydroxylation is 2. The van der Waals surface area contributed by atoms with Crippen LogP contribution in [0.5, 0.6) is 0 Å². The van der Waals surface area contributed by atoms with E-state index in [1.165, 1.54) is 21.5 Å². The second kappa shape index (κ2) is 6.59. The van der Waals surface area contributed by atoms with Gasteiger partial charge in [-0.05, 0) is 26.0 Å². The Bertz CT molecular complexity index is 511. The maximum atomic E-state index is 2.39. The molecule has 0 aliphatic rings. The highest BCUT2D eigenvalue weighted by Gasteiger charge is 2.13. The van der Waals surface area contributed by atoms with E-state index in [1.807, 2.05) is 11.8 Å². The van der Waals surface area contributed by atoms with Crippen LogP contribution in [0.4, 0.5) is 0 Å². The first-order valence-electron chi connectivity index (χ1n) is 5.82. The van der Waals surface area contributed by atoms with Crippen molar-refractivity contribution in [1.82, 2.24) is 0 Å². The molecule has 1 aromatic carbocycles. The number of aromatic nitrogens is 1. The van der Waals surface area contributed by atoms with Crippen LogP contribution in [0, 0.1) is 6.92 Å². The fourth-order valence-electron chi connectivity index (χ4n) is 2.02. The van der Waals surface area contributed by atoms with Gasteiger partial charge in [0.25, 0.3) is 0 Å². The summed E-state index contributed by atoms with van der Waals surface area (Å²) in [5, 5.41) is 2.70. The van der Waals surface area contributed by atoms with Crippen LogP contribution in [0.15, 0.2) is 35.4 Å². The zero-order valence-corrected chi connectivity index (χ0v) is 13.5. The normalized spacial score (nSPS) is 10.3. The molecule has 0 saturated heterocycles. The molecule has 0 N–H and O–H groups in total. The highest BCUT2D eigenvalue weighted by atomic mass is 127. The number of hydrogen-bond donors (Lipinski definition) is 0. The molecule has 0 fully saturated rings. The minimum absolute atomic E-state index is 0. The molecule has 3 heteroatoms. The predicted octanol–water partition coefficient (Wildman–Crippen LogP) is 0.572. The van der Waals surface area contributed by atoms with Gasteiger partial charge >= 0.3 is 0 Å². The first-order valence-corrected chi connectivity index (χ1v) is 6.80. The van der Waals surface area contributed by atoms with Crippen molar-refractivity contribution in [2.75, 3.05) is 5.75 Å². The summed E-state index contributed by atoms with van der Waals surface area (Å²) in [5.74, 6) is 1.12. The van der Waals surface area contributed by atoms with Gasteiger partial charge in [0.05, 0.1) is 0 Å². The topological polar surface area (TPSA) is 3.88 Å². The van der Waals surface area contributed by atoms with Crippen LogP contribution in [0.2, 0.25) is 0 Å². The molecule has 92 valence electrons. The molecule has 1 aromatic heterocycles. The van der Waals surface area contributed by atoms with Gasteiger partial charge in [-0.15, -0.1) is 0 Å². The largest absolute Gasteiger partial charge is 1.00 e. The Balaban J connectivity index is 0.00000144. The summed E-state index contributed by atoms with van der Waals surface area (Å²) in [5.41, 5.74) is 2.66. The second-order valence-electron chi connectivity index (χ2n) is 3.91. The number of hydrogen-bond acceptors (Lipinski definition) is 1. The first-order chi connectivity index (χ1) is 7.76. The van der Waals surface area contributed by atoms with Gasteiger partial charge in [-0.3, -0.25) is 0 Å². The minimum Gasteiger partial charge on any atom is -1.00 e. The fourth-order valence-corrected chi connectivity index (χ4v) is 2.87. The summed E-state index contributed by atoms with van der Waals surface area (Å²) in [7, 11) is 0. The minimum atomic E-state index is 0. The molecule has 0 aliphatic carbocycles. The summed E-state index contributed by atoms with van der Waals surface area (Å²) < 4.78 is 2.39. The van der Waals surface area contributed by atoms with Gasteiger partial charge in [-0.2, -0.15) is 4.57 Å². The highest BCUT2D eigenvalue weighted by Crippen LogP contribution is 2.19. The number of thioether (sulfide) groups is 1. The van der Waals surface area contributed by atoms with Crippen LogP contribution in [0.1, 0.15) is 19.4 Å². The van der Waals surface area contributed by atoms with E-state index in [4.69, 9.17) is 0 Å². The molecular weight excluding hydrogens is 341 g/mol. The molecular formula is C14H18INS. The zero-order valence-electron chi connectivity index (χ0n) is 10.5. The lowest BCUT2D eigenvalue weighted by Crippen LogP contribution is -3.00. The summed E-state index contributed by atoms with van der Waals surface area (Å²) >= 11 is 1.91. The van der Waals surface area contributed by atoms with Crippen LogP contribution in [0.3, 0.4) is 0 Å². The van der Waals surface area contributed by atoms with Crippen molar-refractivity contribution in [2.24, 2.45) is 0 Å². The quantitative estimate of drug-likeness (QED) is 0.440. The molecule has 1 nitrogen and oxygen atoms in total. The molecule has 17 heavy (non-hydrogen) atoms. The van der Waals surface area contributed by atoms with E-state index in [9.17, 15) is 0 Å². The highest BCUT2D eigenvalue weighted by molar-refractivity contribution is 7.99. The molecule has 2 aromatic rings. The molecule has 0 amide bonds.